The third kappa shape index (κ3) is 5.36. The lowest BCUT2D eigenvalue weighted by Gasteiger charge is -2.30. The van der Waals surface area contributed by atoms with Crippen molar-refractivity contribution in [2.24, 2.45) is 11.3 Å². The molecule has 0 atom stereocenters. The van der Waals surface area contributed by atoms with E-state index in [0.29, 0.717) is 0 Å². The molecule has 3 heteroatoms. The third-order valence-electron chi connectivity index (χ3n) is 4.04. The molecule has 0 radical (unpaired) electrons. The molecule has 2 N–H and O–H groups in total. The van der Waals surface area contributed by atoms with E-state index in [9.17, 15) is 10.2 Å². The topological polar surface area (TPSA) is 43.7 Å². The Morgan fingerprint density at radius 1 is 1.18 bits per heavy atom. The summed E-state index contributed by atoms with van der Waals surface area (Å²) in [6.45, 7) is 3.88. The smallest absolute Gasteiger partial charge is 0.0519 e. The quantitative estimate of drug-likeness (QED) is 0.684. The molecule has 0 aromatic rings. The van der Waals surface area contributed by atoms with Gasteiger partial charge in [-0.05, 0) is 32.4 Å². The molecule has 0 bridgehead atoms. The molecule has 1 saturated carbocycles. The van der Waals surface area contributed by atoms with Crippen LogP contribution in [0.25, 0.3) is 0 Å². The Morgan fingerprint density at radius 3 is 2.29 bits per heavy atom. The van der Waals surface area contributed by atoms with Gasteiger partial charge in [0, 0.05) is 12.0 Å². The van der Waals surface area contributed by atoms with Crippen molar-refractivity contribution in [3.63, 3.8) is 0 Å². The van der Waals surface area contributed by atoms with Gasteiger partial charge in [-0.1, -0.05) is 32.6 Å². The Kier molecular flexibility index (Phi) is 6.45. The van der Waals surface area contributed by atoms with Crippen LogP contribution in [0.4, 0.5) is 0 Å². The van der Waals surface area contributed by atoms with Crippen molar-refractivity contribution in [3.8, 4) is 0 Å². The van der Waals surface area contributed by atoms with Crippen LogP contribution >= 0.6 is 0 Å². The van der Waals surface area contributed by atoms with E-state index in [4.69, 9.17) is 0 Å². The fourth-order valence-electron chi connectivity index (χ4n) is 2.83. The summed E-state index contributed by atoms with van der Waals surface area (Å²) in [6, 6.07) is 0. The number of rotatable bonds is 8. The lowest BCUT2D eigenvalue weighted by atomic mass is 9.92. The van der Waals surface area contributed by atoms with Crippen molar-refractivity contribution in [3.05, 3.63) is 0 Å². The summed E-state index contributed by atoms with van der Waals surface area (Å²) < 4.78 is 0. The molecule has 0 amide bonds. The summed E-state index contributed by atoms with van der Waals surface area (Å²) in [7, 11) is 2.08. The van der Waals surface area contributed by atoms with Gasteiger partial charge in [0.2, 0.25) is 0 Å². The lowest BCUT2D eigenvalue weighted by molar-refractivity contribution is 0.0414. The predicted octanol–water partition coefficient (Wildman–Crippen LogP) is 1.88. The maximum absolute atomic E-state index is 9.25. The van der Waals surface area contributed by atoms with Crippen LogP contribution in [0.2, 0.25) is 0 Å². The van der Waals surface area contributed by atoms with Crippen molar-refractivity contribution in [1.29, 1.82) is 0 Å². The summed E-state index contributed by atoms with van der Waals surface area (Å²) in [5.41, 5.74) is -0.359. The second-order valence-corrected chi connectivity index (χ2v) is 6.16. The first-order valence-corrected chi connectivity index (χ1v) is 7.00. The molecule has 0 spiro atoms. The highest BCUT2D eigenvalue weighted by atomic mass is 16.3. The van der Waals surface area contributed by atoms with Crippen LogP contribution < -0.4 is 0 Å². The van der Waals surface area contributed by atoms with E-state index in [2.05, 4.69) is 11.9 Å². The number of aliphatic hydroxyl groups excluding tert-OH is 2. The number of hydrogen-bond donors (Lipinski definition) is 2. The second kappa shape index (κ2) is 7.34. The molecule has 1 fully saturated rings. The molecule has 3 nitrogen and oxygen atoms in total. The van der Waals surface area contributed by atoms with Crippen LogP contribution in [-0.4, -0.2) is 48.5 Å². The van der Waals surface area contributed by atoms with Gasteiger partial charge in [-0.25, -0.2) is 0 Å². The first-order chi connectivity index (χ1) is 8.09. The van der Waals surface area contributed by atoms with Gasteiger partial charge in [0.05, 0.1) is 13.2 Å². The summed E-state index contributed by atoms with van der Waals surface area (Å²) in [6.07, 6.45) is 8.29. The zero-order valence-corrected chi connectivity index (χ0v) is 11.5. The first-order valence-electron chi connectivity index (χ1n) is 7.00. The normalized spacial score (nSPS) is 18.2. The van der Waals surface area contributed by atoms with Crippen LogP contribution in [0.15, 0.2) is 0 Å². The molecule has 0 saturated heterocycles. The molecule has 0 heterocycles. The molecule has 1 aliphatic carbocycles. The van der Waals surface area contributed by atoms with Crippen molar-refractivity contribution in [1.82, 2.24) is 4.90 Å². The van der Waals surface area contributed by atoms with Crippen LogP contribution in [0.1, 0.15) is 45.4 Å². The van der Waals surface area contributed by atoms with E-state index in [-0.39, 0.29) is 18.6 Å². The monoisotopic (exact) mass is 243 g/mol. The minimum atomic E-state index is -0.359. The van der Waals surface area contributed by atoms with Gasteiger partial charge in [0.15, 0.2) is 0 Å². The zero-order chi connectivity index (χ0) is 12.7. The maximum Gasteiger partial charge on any atom is 0.0519 e. The molecule has 0 aliphatic heterocycles. The molecule has 1 rings (SSSR count). The minimum Gasteiger partial charge on any atom is -0.396 e. The molecular formula is C14H29NO2. The van der Waals surface area contributed by atoms with Gasteiger partial charge in [-0.15, -0.1) is 0 Å². The largest absolute Gasteiger partial charge is 0.396 e. The summed E-state index contributed by atoms with van der Waals surface area (Å²) in [4.78, 5) is 2.24. The SMILES string of the molecule is CN(CCCC1CCCC1)CC(C)(CO)CO. The highest BCUT2D eigenvalue weighted by Crippen LogP contribution is 2.28. The van der Waals surface area contributed by atoms with Gasteiger partial charge in [-0.2, -0.15) is 0 Å². The van der Waals surface area contributed by atoms with E-state index in [0.717, 1.165) is 19.0 Å². The standard InChI is InChI=1S/C14H29NO2/c1-14(11-16,12-17)10-15(2)9-5-8-13-6-3-4-7-13/h13,16-17H,3-12H2,1-2H3. The molecule has 0 aromatic carbocycles. The van der Waals surface area contributed by atoms with Gasteiger partial charge >= 0.3 is 0 Å². The fraction of sp³-hybridized carbons (Fsp3) is 1.00. The lowest BCUT2D eigenvalue weighted by Crippen LogP contribution is -2.39. The predicted molar refractivity (Wildman–Crippen MR) is 71.0 cm³/mol. The minimum absolute atomic E-state index is 0.0520. The Labute approximate surface area is 106 Å². The molecule has 0 unspecified atom stereocenters. The van der Waals surface area contributed by atoms with Crippen LogP contribution in [0.5, 0.6) is 0 Å². The van der Waals surface area contributed by atoms with E-state index in [1.807, 2.05) is 6.92 Å². The Balaban J connectivity index is 2.13. The number of nitrogens with zero attached hydrogens (tertiary/aromatic N) is 1. The molecule has 102 valence electrons. The van der Waals surface area contributed by atoms with Crippen molar-refractivity contribution in [2.45, 2.75) is 45.4 Å². The summed E-state index contributed by atoms with van der Waals surface area (Å²) in [5, 5.41) is 18.5. The van der Waals surface area contributed by atoms with Gasteiger partial charge in [0.1, 0.15) is 0 Å². The van der Waals surface area contributed by atoms with Gasteiger partial charge in [-0.3, -0.25) is 0 Å². The van der Waals surface area contributed by atoms with E-state index >= 15 is 0 Å². The van der Waals surface area contributed by atoms with Gasteiger partial charge < -0.3 is 15.1 Å². The average molecular weight is 243 g/mol. The summed E-state index contributed by atoms with van der Waals surface area (Å²) >= 11 is 0. The van der Waals surface area contributed by atoms with Crippen molar-refractivity contribution < 1.29 is 10.2 Å². The highest BCUT2D eigenvalue weighted by Gasteiger charge is 2.24. The summed E-state index contributed by atoms with van der Waals surface area (Å²) in [5.74, 6) is 0.963. The average Bonchev–Trinajstić information content (AvgIpc) is 2.82. The van der Waals surface area contributed by atoms with Crippen LogP contribution in [0.3, 0.4) is 0 Å². The van der Waals surface area contributed by atoms with E-state index in [1.54, 1.807) is 0 Å². The van der Waals surface area contributed by atoms with Crippen molar-refractivity contribution >= 4 is 0 Å². The third-order valence-corrected chi connectivity index (χ3v) is 4.04. The zero-order valence-electron chi connectivity index (χ0n) is 11.5. The molecule has 0 aromatic heterocycles. The Morgan fingerprint density at radius 2 is 1.76 bits per heavy atom. The number of hydrogen-bond acceptors (Lipinski definition) is 3. The maximum atomic E-state index is 9.25. The number of aliphatic hydroxyl groups is 2. The van der Waals surface area contributed by atoms with E-state index < -0.39 is 0 Å². The first kappa shape index (κ1) is 14.9. The van der Waals surface area contributed by atoms with Crippen LogP contribution in [0, 0.1) is 11.3 Å². The Hall–Kier alpha value is -0.120. The van der Waals surface area contributed by atoms with Crippen molar-refractivity contribution in [2.75, 3.05) is 33.4 Å². The molecule has 17 heavy (non-hydrogen) atoms. The van der Waals surface area contributed by atoms with E-state index in [1.165, 1.54) is 38.5 Å². The second-order valence-electron chi connectivity index (χ2n) is 6.16. The Bertz CT molecular complexity index is 198. The molecular weight excluding hydrogens is 214 g/mol. The highest BCUT2D eigenvalue weighted by molar-refractivity contribution is 4.76. The van der Waals surface area contributed by atoms with Crippen LogP contribution in [-0.2, 0) is 0 Å². The molecule has 1 aliphatic rings. The fourth-order valence-corrected chi connectivity index (χ4v) is 2.83. The van der Waals surface area contributed by atoms with Gasteiger partial charge in [0.25, 0.3) is 0 Å².